The third-order valence-corrected chi connectivity index (χ3v) is 9.61. The highest BCUT2D eigenvalue weighted by Crippen LogP contribution is 2.42. The van der Waals surface area contributed by atoms with Crippen LogP contribution in [0.1, 0.15) is 52.1 Å². The Morgan fingerprint density at radius 2 is 1.92 bits per heavy atom. The molecule has 2 aromatic rings. The van der Waals surface area contributed by atoms with E-state index in [2.05, 4.69) is 58.1 Å². The van der Waals surface area contributed by atoms with Crippen LogP contribution in [0.25, 0.3) is 0 Å². The molecule has 1 N–H and O–H groups in total. The molecule has 36 heavy (non-hydrogen) atoms. The Balaban J connectivity index is 1.30. The number of carbonyl (C=O) groups excluding carboxylic acids is 1. The number of allylic oxidation sites excluding steroid dienone is 3. The number of piperidine rings is 1. The molecule has 2 saturated heterocycles. The van der Waals surface area contributed by atoms with Crippen molar-refractivity contribution in [2.24, 2.45) is 0 Å². The summed E-state index contributed by atoms with van der Waals surface area (Å²) in [5.41, 5.74) is 4.01. The Bertz CT molecular complexity index is 1140. The minimum Gasteiger partial charge on any atom is -0.378 e. The monoisotopic (exact) mass is 507 g/mol. The van der Waals surface area contributed by atoms with Crippen molar-refractivity contribution in [3.05, 3.63) is 77.2 Å². The molecule has 8 heteroatoms. The van der Waals surface area contributed by atoms with Crippen LogP contribution in [0.2, 0.25) is 0 Å². The number of hydrogen-bond acceptors (Lipinski definition) is 5. The maximum Gasteiger partial charge on any atom is 0.275 e. The quantitative estimate of drug-likeness (QED) is 0.628. The van der Waals surface area contributed by atoms with Gasteiger partial charge < -0.3 is 14.5 Å². The van der Waals surface area contributed by atoms with E-state index in [0.29, 0.717) is 37.8 Å². The average Bonchev–Trinajstić information content (AvgIpc) is 3.32. The molecular weight excluding hydrogens is 472 g/mol. The molecule has 190 valence electrons. The molecule has 2 fully saturated rings. The molecule has 0 bridgehead atoms. The number of amides is 1. The van der Waals surface area contributed by atoms with Gasteiger partial charge in [0.05, 0.1) is 36.4 Å². The van der Waals surface area contributed by atoms with E-state index in [1.807, 2.05) is 11.0 Å². The molecule has 4 aliphatic rings. The van der Waals surface area contributed by atoms with Crippen molar-refractivity contribution < 1.29 is 14.1 Å². The highest BCUT2D eigenvalue weighted by Gasteiger charge is 2.48. The average molecular weight is 508 g/mol. The first-order chi connectivity index (χ1) is 17.7. The van der Waals surface area contributed by atoms with Crippen LogP contribution in [0.4, 0.5) is 0 Å². The summed E-state index contributed by atoms with van der Waals surface area (Å²) in [6.07, 6.45) is 11.6. The summed E-state index contributed by atoms with van der Waals surface area (Å²) < 4.78 is 18.7. The van der Waals surface area contributed by atoms with Gasteiger partial charge in [0.1, 0.15) is 0 Å². The maximum absolute atomic E-state index is 13.6. The van der Waals surface area contributed by atoms with E-state index < -0.39 is 11.2 Å². The van der Waals surface area contributed by atoms with Crippen LogP contribution in [-0.4, -0.2) is 81.2 Å². The molecule has 0 radical (unpaired) electrons. The number of hydrogen-bond donors (Lipinski definition) is 1. The van der Waals surface area contributed by atoms with Gasteiger partial charge in [0.15, 0.2) is 27.9 Å². The van der Waals surface area contributed by atoms with Gasteiger partial charge in [0.2, 0.25) is 0 Å². The highest BCUT2D eigenvalue weighted by molar-refractivity contribution is 7.91. The summed E-state index contributed by atoms with van der Waals surface area (Å²) in [5.74, 6) is 0.547. The fourth-order valence-corrected chi connectivity index (χ4v) is 7.65. The van der Waals surface area contributed by atoms with E-state index in [4.69, 9.17) is 9.84 Å². The summed E-state index contributed by atoms with van der Waals surface area (Å²) in [6, 6.07) is 10.9. The van der Waals surface area contributed by atoms with Crippen LogP contribution >= 0.6 is 0 Å². The number of carbonyl (C=O) groups is 1. The highest BCUT2D eigenvalue weighted by atomic mass is 32.2. The lowest BCUT2D eigenvalue weighted by molar-refractivity contribution is 0.0297. The molecule has 1 aromatic heterocycles. The van der Waals surface area contributed by atoms with Crippen LogP contribution in [-0.2, 0) is 28.1 Å². The number of nitrogens with zero attached hydrogens (tertiary/aromatic N) is 4. The van der Waals surface area contributed by atoms with Crippen LogP contribution < -0.4 is 0 Å². The predicted octanol–water partition coefficient (Wildman–Crippen LogP) is 3.42. The summed E-state index contributed by atoms with van der Waals surface area (Å²) >= 11 is -0.820. The number of benzene rings is 1. The molecule has 1 aliphatic carbocycles. The van der Waals surface area contributed by atoms with Gasteiger partial charge >= 0.3 is 0 Å². The lowest BCUT2D eigenvalue weighted by Crippen LogP contribution is -2.41. The van der Waals surface area contributed by atoms with Gasteiger partial charge in [-0.25, -0.2) is 0 Å². The zero-order valence-electron chi connectivity index (χ0n) is 20.7. The summed E-state index contributed by atoms with van der Waals surface area (Å²) in [7, 11) is 0. The molecule has 6 rings (SSSR count). The molecule has 4 heterocycles. The minimum atomic E-state index is -0.820. The van der Waals surface area contributed by atoms with Gasteiger partial charge in [-0.2, -0.15) is 9.65 Å². The number of morpholine rings is 1. The summed E-state index contributed by atoms with van der Waals surface area (Å²) in [6.45, 7) is 5.38. The third-order valence-electron chi connectivity index (χ3n) is 7.94. The van der Waals surface area contributed by atoms with Crippen molar-refractivity contribution in [3.63, 3.8) is 0 Å². The Morgan fingerprint density at radius 3 is 2.75 bits per heavy atom. The topological polar surface area (TPSA) is 70.8 Å². The smallest absolute Gasteiger partial charge is 0.275 e. The van der Waals surface area contributed by atoms with Crippen molar-refractivity contribution >= 4 is 17.1 Å². The van der Waals surface area contributed by atoms with Gasteiger partial charge in [0.25, 0.3) is 5.91 Å². The SMILES string of the molecule is O=C(c1nn(C2CCCN(CCc3ccccc3)C2)c2c1C[S+](O)C1C=CC=CC21)N1CCOCC1. The molecular formula is C28H35N4O3S+. The van der Waals surface area contributed by atoms with Gasteiger partial charge in [-0.15, -0.1) is 0 Å². The minimum absolute atomic E-state index is 0.0178. The molecule has 1 aromatic carbocycles. The number of aromatic nitrogens is 2. The number of ether oxygens (including phenoxy) is 1. The Kier molecular flexibility index (Phi) is 7.02. The van der Waals surface area contributed by atoms with Crippen molar-refractivity contribution in [3.8, 4) is 0 Å². The number of rotatable bonds is 5. The van der Waals surface area contributed by atoms with Crippen LogP contribution in [0.5, 0.6) is 0 Å². The number of likely N-dealkylation sites (tertiary alicyclic amines) is 1. The van der Waals surface area contributed by atoms with E-state index in [1.165, 1.54) is 5.56 Å². The van der Waals surface area contributed by atoms with Gasteiger partial charge in [-0.05, 0) is 37.4 Å². The first-order valence-corrected chi connectivity index (χ1v) is 14.6. The van der Waals surface area contributed by atoms with Gasteiger partial charge in [0, 0.05) is 26.2 Å². The predicted molar refractivity (Wildman–Crippen MR) is 142 cm³/mol. The molecule has 4 atom stereocenters. The van der Waals surface area contributed by atoms with Crippen molar-refractivity contribution in [1.82, 2.24) is 19.6 Å². The van der Waals surface area contributed by atoms with Crippen molar-refractivity contribution in [2.45, 2.75) is 42.2 Å². The van der Waals surface area contributed by atoms with Gasteiger partial charge in [-0.1, -0.05) is 48.6 Å². The van der Waals surface area contributed by atoms with E-state index in [9.17, 15) is 9.35 Å². The third kappa shape index (κ3) is 4.67. The number of fused-ring (bicyclic) bond motifs is 3. The molecule has 0 spiro atoms. The van der Waals surface area contributed by atoms with E-state index in [1.54, 1.807) is 0 Å². The Labute approximate surface area is 216 Å². The first kappa shape index (κ1) is 24.0. The van der Waals surface area contributed by atoms with Crippen LogP contribution in [0.15, 0.2) is 54.6 Å². The Hall–Kier alpha value is -2.39. The zero-order valence-corrected chi connectivity index (χ0v) is 21.5. The van der Waals surface area contributed by atoms with Crippen LogP contribution in [0, 0.1) is 0 Å². The maximum atomic E-state index is 13.6. The van der Waals surface area contributed by atoms with Gasteiger partial charge in [-0.3, -0.25) is 9.48 Å². The van der Waals surface area contributed by atoms with E-state index in [0.717, 1.165) is 50.2 Å². The van der Waals surface area contributed by atoms with E-state index >= 15 is 0 Å². The second-order valence-corrected chi connectivity index (χ2v) is 11.8. The standard InChI is InChI=1S/C28H35N4O3S/c33-28(31-15-17-35-18-16-31)26-24-20-36(34)25-11-5-4-10-23(25)27(24)32(29-26)22-9-6-13-30(19-22)14-12-21-7-2-1-3-8-21/h1-5,7-8,10-11,22-23,25,34H,6,9,12-20H2/q+1. The molecule has 3 aliphatic heterocycles. The molecule has 7 nitrogen and oxygen atoms in total. The normalized spacial score (nSPS) is 28.1. The fourth-order valence-electron chi connectivity index (χ4n) is 6.05. The van der Waals surface area contributed by atoms with Crippen LogP contribution in [0.3, 0.4) is 0 Å². The first-order valence-electron chi connectivity index (χ1n) is 13.2. The van der Waals surface area contributed by atoms with Crippen molar-refractivity contribution in [2.75, 3.05) is 45.9 Å². The molecule has 1 amide bonds. The lowest BCUT2D eigenvalue weighted by Gasteiger charge is -2.35. The Morgan fingerprint density at radius 1 is 1.11 bits per heavy atom. The summed E-state index contributed by atoms with van der Waals surface area (Å²) in [4.78, 5) is 18.0. The second kappa shape index (κ2) is 10.5. The van der Waals surface area contributed by atoms with Crippen molar-refractivity contribution in [1.29, 1.82) is 0 Å². The largest absolute Gasteiger partial charge is 0.378 e. The zero-order chi connectivity index (χ0) is 24.5. The summed E-state index contributed by atoms with van der Waals surface area (Å²) in [5, 5.41) is 5.12. The fraction of sp³-hybridized carbons (Fsp3) is 0.500. The second-order valence-electron chi connectivity index (χ2n) is 10.2. The lowest BCUT2D eigenvalue weighted by atomic mass is 9.91. The van der Waals surface area contributed by atoms with E-state index in [-0.39, 0.29) is 23.1 Å². The molecule has 4 unspecified atom stereocenters. The molecule has 0 saturated carbocycles.